The first-order valence-electron chi connectivity index (χ1n) is 9.10. The Morgan fingerprint density at radius 1 is 1.07 bits per heavy atom. The topological polar surface area (TPSA) is 66.5 Å². The number of nitrogens with one attached hydrogen (secondary N) is 1. The highest BCUT2D eigenvalue weighted by Gasteiger charge is 2.34. The van der Waals surface area contributed by atoms with E-state index in [4.69, 9.17) is 0 Å². The van der Waals surface area contributed by atoms with Gasteiger partial charge >= 0.3 is 0 Å². The highest BCUT2D eigenvalue weighted by atomic mass is 32.2. The van der Waals surface area contributed by atoms with Crippen molar-refractivity contribution >= 4 is 15.9 Å². The lowest BCUT2D eigenvalue weighted by molar-refractivity contribution is 0.0729. The standard InChI is InChI=1S/C20H21FN2O3S/c21-16-5-1-3-14(11-16)13-23(18-9-10-18)20(24)15-4-2-6-19(12-15)27(25,26)22-17-7-8-17/h1-6,11-12,17-18,22H,7-10,13H2. The summed E-state index contributed by atoms with van der Waals surface area (Å²) in [7, 11) is -3.62. The van der Waals surface area contributed by atoms with Crippen LogP contribution in [0.1, 0.15) is 41.6 Å². The van der Waals surface area contributed by atoms with Crippen LogP contribution < -0.4 is 4.72 Å². The molecule has 0 unspecified atom stereocenters. The molecule has 4 rings (SSSR count). The molecule has 2 saturated carbocycles. The maximum Gasteiger partial charge on any atom is 0.254 e. The SMILES string of the molecule is O=C(c1cccc(S(=O)(=O)NC2CC2)c1)N(Cc1cccc(F)c1)C1CC1. The lowest BCUT2D eigenvalue weighted by Gasteiger charge is -2.23. The Labute approximate surface area is 158 Å². The van der Waals surface area contributed by atoms with Gasteiger partial charge in [-0.1, -0.05) is 18.2 Å². The number of carbonyl (C=O) groups is 1. The number of benzene rings is 2. The van der Waals surface area contributed by atoms with Crippen molar-refractivity contribution < 1.29 is 17.6 Å². The fourth-order valence-corrected chi connectivity index (χ4v) is 4.39. The molecule has 2 aromatic rings. The van der Waals surface area contributed by atoms with E-state index in [1.165, 1.54) is 24.3 Å². The first-order valence-corrected chi connectivity index (χ1v) is 10.6. The fourth-order valence-electron chi connectivity index (χ4n) is 3.04. The van der Waals surface area contributed by atoms with Crippen LogP contribution in [0.4, 0.5) is 4.39 Å². The van der Waals surface area contributed by atoms with Crippen molar-refractivity contribution in [3.63, 3.8) is 0 Å². The molecule has 0 heterocycles. The van der Waals surface area contributed by atoms with Crippen LogP contribution in [0.25, 0.3) is 0 Å². The molecule has 2 aliphatic carbocycles. The van der Waals surface area contributed by atoms with E-state index in [1.54, 1.807) is 29.2 Å². The maximum atomic E-state index is 13.5. The van der Waals surface area contributed by atoms with Gasteiger partial charge in [-0.2, -0.15) is 0 Å². The average molecular weight is 388 g/mol. The second-order valence-electron chi connectivity index (χ2n) is 7.22. The van der Waals surface area contributed by atoms with Gasteiger partial charge in [0.2, 0.25) is 10.0 Å². The molecule has 1 amide bonds. The number of rotatable bonds is 7. The van der Waals surface area contributed by atoms with Gasteiger partial charge in [0.1, 0.15) is 5.82 Å². The van der Waals surface area contributed by atoms with Gasteiger partial charge in [0.25, 0.3) is 5.91 Å². The van der Waals surface area contributed by atoms with Crippen LogP contribution in [0, 0.1) is 5.82 Å². The third-order valence-electron chi connectivity index (χ3n) is 4.78. The van der Waals surface area contributed by atoms with E-state index in [9.17, 15) is 17.6 Å². The molecule has 0 bridgehead atoms. The summed E-state index contributed by atoms with van der Waals surface area (Å²) >= 11 is 0. The second-order valence-corrected chi connectivity index (χ2v) is 8.93. The van der Waals surface area contributed by atoms with Crippen LogP contribution in [0.2, 0.25) is 0 Å². The van der Waals surface area contributed by atoms with Crippen molar-refractivity contribution in [1.82, 2.24) is 9.62 Å². The zero-order valence-corrected chi connectivity index (χ0v) is 15.6. The van der Waals surface area contributed by atoms with E-state index in [0.717, 1.165) is 31.2 Å². The molecule has 0 spiro atoms. The van der Waals surface area contributed by atoms with Crippen molar-refractivity contribution in [2.45, 2.75) is 49.2 Å². The smallest absolute Gasteiger partial charge is 0.254 e. The van der Waals surface area contributed by atoms with Gasteiger partial charge in [-0.05, 0) is 61.6 Å². The van der Waals surface area contributed by atoms with E-state index >= 15 is 0 Å². The van der Waals surface area contributed by atoms with Gasteiger partial charge in [-0.25, -0.2) is 17.5 Å². The normalized spacial score (nSPS) is 16.9. The fraction of sp³-hybridized carbons (Fsp3) is 0.350. The van der Waals surface area contributed by atoms with Gasteiger partial charge in [0.15, 0.2) is 0 Å². The Kier molecular flexibility index (Phi) is 4.74. The summed E-state index contributed by atoms with van der Waals surface area (Å²) in [5, 5.41) is 0. The number of sulfonamides is 1. The Morgan fingerprint density at radius 3 is 2.48 bits per heavy atom. The van der Waals surface area contributed by atoms with Gasteiger partial charge in [0, 0.05) is 24.2 Å². The van der Waals surface area contributed by atoms with E-state index in [0.29, 0.717) is 12.1 Å². The van der Waals surface area contributed by atoms with E-state index in [2.05, 4.69) is 4.72 Å². The van der Waals surface area contributed by atoms with Crippen molar-refractivity contribution in [3.05, 3.63) is 65.5 Å². The Morgan fingerprint density at radius 2 is 1.81 bits per heavy atom. The predicted molar refractivity (Wildman–Crippen MR) is 99.1 cm³/mol. The first-order chi connectivity index (χ1) is 12.9. The van der Waals surface area contributed by atoms with Crippen molar-refractivity contribution in [1.29, 1.82) is 0 Å². The summed E-state index contributed by atoms with van der Waals surface area (Å²) in [4.78, 5) is 14.8. The number of halogens is 1. The van der Waals surface area contributed by atoms with E-state index in [-0.39, 0.29) is 28.7 Å². The average Bonchev–Trinajstić information content (AvgIpc) is 3.54. The Hall–Kier alpha value is -2.25. The lowest BCUT2D eigenvalue weighted by atomic mass is 10.1. The zero-order valence-electron chi connectivity index (χ0n) is 14.8. The highest BCUT2D eigenvalue weighted by Crippen LogP contribution is 2.30. The summed E-state index contributed by atoms with van der Waals surface area (Å²) in [5.41, 5.74) is 1.05. The molecule has 2 fully saturated rings. The largest absolute Gasteiger partial charge is 0.331 e. The molecular weight excluding hydrogens is 367 g/mol. The second kappa shape index (κ2) is 7.05. The molecule has 2 aliphatic rings. The minimum atomic E-state index is -3.62. The molecule has 5 nitrogen and oxygen atoms in total. The minimum absolute atomic E-state index is 0.00490. The summed E-state index contributed by atoms with van der Waals surface area (Å²) in [6, 6.07) is 12.4. The Bertz CT molecular complexity index is 969. The summed E-state index contributed by atoms with van der Waals surface area (Å²) in [6.07, 6.45) is 3.51. The summed E-state index contributed by atoms with van der Waals surface area (Å²) in [5.74, 6) is -0.569. The number of amides is 1. The van der Waals surface area contributed by atoms with Gasteiger partial charge in [-0.15, -0.1) is 0 Å². The molecule has 142 valence electrons. The predicted octanol–water partition coefficient (Wildman–Crippen LogP) is 3.07. The van der Waals surface area contributed by atoms with Crippen LogP contribution in [0.15, 0.2) is 53.4 Å². The molecule has 0 radical (unpaired) electrons. The summed E-state index contributed by atoms with van der Waals surface area (Å²) in [6.45, 7) is 0.304. The highest BCUT2D eigenvalue weighted by molar-refractivity contribution is 7.89. The number of carbonyl (C=O) groups excluding carboxylic acids is 1. The van der Waals surface area contributed by atoms with Crippen molar-refractivity contribution in [2.24, 2.45) is 0 Å². The van der Waals surface area contributed by atoms with Crippen LogP contribution in [-0.2, 0) is 16.6 Å². The third-order valence-corrected chi connectivity index (χ3v) is 6.30. The molecule has 7 heteroatoms. The molecule has 0 saturated heterocycles. The van der Waals surface area contributed by atoms with Crippen LogP contribution in [-0.4, -0.2) is 31.3 Å². The van der Waals surface area contributed by atoms with Crippen LogP contribution >= 0.6 is 0 Å². The molecule has 27 heavy (non-hydrogen) atoms. The quantitative estimate of drug-likeness (QED) is 0.793. The molecular formula is C20H21FN2O3S. The molecule has 0 aliphatic heterocycles. The van der Waals surface area contributed by atoms with E-state index < -0.39 is 10.0 Å². The summed E-state index contributed by atoms with van der Waals surface area (Å²) < 4.78 is 41.0. The monoisotopic (exact) mass is 388 g/mol. The Balaban J connectivity index is 1.57. The molecule has 1 N–H and O–H groups in total. The minimum Gasteiger partial charge on any atom is -0.331 e. The molecule has 2 aromatic carbocycles. The first kappa shape index (κ1) is 18.1. The van der Waals surface area contributed by atoms with Crippen LogP contribution in [0.5, 0.6) is 0 Å². The van der Waals surface area contributed by atoms with E-state index in [1.807, 2.05) is 0 Å². The zero-order chi connectivity index (χ0) is 19.0. The number of hydrogen-bond acceptors (Lipinski definition) is 3. The number of nitrogens with zero attached hydrogens (tertiary/aromatic N) is 1. The third kappa shape index (κ3) is 4.36. The number of hydrogen-bond donors (Lipinski definition) is 1. The maximum absolute atomic E-state index is 13.5. The van der Waals surface area contributed by atoms with Gasteiger partial charge in [0.05, 0.1) is 4.90 Å². The van der Waals surface area contributed by atoms with Crippen LogP contribution in [0.3, 0.4) is 0 Å². The molecule has 0 atom stereocenters. The lowest BCUT2D eigenvalue weighted by Crippen LogP contribution is -2.33. The van der Waals surface area contributed by atoms with Crippen molar-refractivity contribution in [2.75, 3.05) is 0 Å². The molecule has 0 aromatic heterocycles. The van der Waals surface area contributed by atoms with Gasteiger partial charge in [-0.3, -0.25) is 4.79 Å². The van der Waals surface area contributed by atoms with Gasteiger partial charge < -0.3 is 4.90 Å². The van der Waals surface area contributed by atoms with Crippen molar-refractivity contribution in [3.8, 4) is 0 Å².